The number of nitrogens with zero attached hydrogens (tertiary/aromatic N) is 2. The Hall–Kier alpha value is -1.82. The van der Waals surface area contributed by atoms with Gasteiger partial charge in [0.2, 0.25) is 5.91 Å². The molecule has 21 heavy (non-hydrogen) atoms. The lowest BCUT2D eigenvalue weighted by Gasteiger charge is -2.26. The van der Waals surface area contributed by atoms with E-state index in [2.05, 4.69) is 4.98 Å². The third kappa shape index (κ3) is 2.44. The van der Waals surface area contributed by atoms with Crippen LogP contribution in [0, 0.1) is 5.82 Å². The fourth-order valence-electron chi connectivity index (χ4n) is 2.22. The molecule has 0 bridgehead atoms. The van der Waals surface area contributed by atoms with E-state index in [1.165, 1.54) is 19.2 Å². The van der Waals surface area contributed by atoms with Crippen molar-refractivity contribution < 1.29 is 13.9 Å². The highest BCUT2D eigenvalue weighted by molar-refractivity contribution is 6.20. The van der Waals surface area contributed by atoms with Crippen LogP contribution in [0.3, 0.4) is 0 Å². The SMILES string of the molecule is COc1cc2c(cc1F)nc(C(C)Cl)n2C(C)(C)C(N)=O. The van der Waals surface area contributed by atoms with Crippen LogP contribution in [0.1, 0.15) is 32.0 Å². The molecule has 0 aliphatic carbocycles. The summed E-state index contributed by atoms with van der Waals surface area (Å²) in [6, 6.07) is 2.75. The smallest absolute Gasteiger partial charge is 0.243 e. The standard InChI is InChI=1S/C14H17ClFN3O2/c1-7(15)12-18-9-5-8(16)11(21-4)6-10(9)19(12)14(2,3)13(17)20/h5-7H,1-4H3,(H2,17,20). The van der Waals surface area contributed by atoms with E-state index in [4.69, 9.17) is 22.1 Å². The van der Waals surface area contributed by atoms with Crippen molar-refractivity contribution in [2.45, 2.75) is 31.7 Å². The van der Waals surface area contributed by atoms with Gasteiger partial charge in [-0.2, -0.15) is 0 Å². The highest BCUT2D eigenvalue weighted by Crippen LogP contribution is 2.33. The number of benzene rings is 1. The van der Waals surface area contributed by atoms with Gasteiger partial charge in [-0.1, -0.05) is 0 Å². The molecule has 0 saturated heterocycles. The number of nitrogens with two attached hydrogens (primary N) is 1. The van der Waals surface area contributed by atoms with Crippen molar-refractivity contribution in [3.8, 4) is 5.75 Å². The molecule has 2 aromatic rings. The zero-order valence-corrected chi connectivity index (χ0v) is 13.0. The minimum Gasteiger partial charge on any atom is -0.494 e. The fraction of sp³-hybridized carbons (Fsp3) is 0.429. The predicted octanol–water partition coefficient (Wildman–Crippen LogP) is 2.70. The first kappa shape index (κ1) is 15.6. The molecule has 1 aromatic heterocycles. The molecule has 2 N–H and O–H groups in total. The van der Waals surface area contributed by atoms with Crippen molar-refractivity contribution >= 4 is 28.5 Å². The van der Waals surface area contributed by atoms with Gasteiger partial charge in [0.25, 0.3) is 0 Å². The monoisotopic (exact) mass is 313 g/mol. The number of methoxy groups -OCH3 is 1. The van der Waals surface area contributed by atoms with Crippen LogP contribution >= 0.6 is 11.6 Å². The van der Waals surface area contributed by atoms with Crippen molar-refractivity contribution in [3.05, 3.63) is 23.8 Å². The Balaban J connectivity index is 2.88. The largest absolute Gasteiger partial charge is 0.494 e. The van der Waals surface area contributed by atoms with Crippen molar-refractivity contribution in [2.24, 2.45) is 5.73 Å². The molecule has 1 heterocycles. The molecule has 5 nitrogen and oxygen atoms in total. The van der Waals surface area contributed by atoms with Crippen LogP contribution in [0.15, 0.2) is 12.1 Å². The summed E-state index contributed by atoms with van der Waals surface area (Å²) in [5.41, 5.74) is 5.36. The number of carbonyl (C=O) groups excluding carboxylic acids is 1. The number of fused-ring (bicyclic) bond motifs is 1. The van der Waals surface area contributed by atoms with Crippen LogP contribution in [0.2, 0.25) is 0 Å². The predicted molar refractivity (Wildman–Crippen MR) is 79.0 cm³/mol. The van der Waals surface area contributed by atoms with Gasteiger partial charge in [-0.05, 0) is 20.8 Å². The summed E-state index contributed by atoms with van der Waals surface area (Å²) in [7, 11) is 1.37. The number of hydrogen-bond acceptors (Lipinski definition) is 3. The number of halogens is 2. The first-order chi connectivity index (χ1) is 9.70. The number of aromatic nitrogens is 2. The van der Waals surface area contributed by atoms with E-state index in [1.807, 2.05) is 0 Å². The highest BCUT2D eigenvalue weighted by Gasteiger charge is 2.33. The van der Waals surface area contributed by atoms with Crippen molar-refractivity contribution in [2.75, 3.05) is 7.11 Å². The number of rotatable bonds is 4. The van der Waals surface area contributed by atoms with Gasteiger partial charge >= 0.3 is 0 Å². The van der Waals surface area contributed by atoms with Gasteiger partial charge in [0.1, 0.15) is 11.4 Å². The Labute approximate surface area is 126 Å². The number of ether oxygens (including phenoxy) is 1. The normalized spacial score (nSPS) is 13.4. The third-order valence-electron chi connectivity index (χ3n) is 3.47. The molecule has 1 unspecified atom stereocenters. The van der Waals surface area contributed by atoms with Crippen molar-refractivity contribution in [3.63, 3.8) is 0 Å². The quantitative estimate of drug-likeness (QED) is 0.882. The zero-order chi connectivity index (χ0) is 15.9. The fourth-order valence-corrected chi connectivity index (χ4v) is 2.36. The van der Waals surface area contributed by atoms with E-state index in [0.29, 0.717) is 16.9 Å². The summed E-state index contributed by atoms with van der Waals surface area (Å²) in [5, 5.41) is -0.468. The summed E-state index contributed by atoms with van der Waals surface area (Å²) in [6.45, 7) is 5.05. The van der Waals surface area contributed by atoms with Gasteiger partial charge in [-0.15, -0.1) is 11.6 Å². The average Bonchev–Trinajstić information content (AvgIpc) is 2.76. The molecule has 0 radical (unpaired) electrons. The van der Waals surface area contributed by atoms with E-state index in [0.717, 1.165) is 0 Å². The number of imidazole rings is 1. The maximum atomic E-state index is 13.8. The Morgan fingerprint density at radius 2 is 2.14 bits per heavy atom. The van der Waals surface area contributed by atoms with Gasteiger partial charge in [0.15, 0.2) is 11.6 Å². The second-order valence-electron chi connectivity index (χ2n) is 5.32. The highest BCUT2D eigenvalue weighted by atomic mass is 35.5. The van der Waals surface area contributed by atoms with Crippen LogP contribution < -0.4 is 10.5 Å². The van der Waals surface area contributed by atoms with E-state index in [9.17, 15) is 9.18 Å². The number of alkyl halides is 1. The van der Waals surface area contributed by atoms with Crippen LogP contribution in [-0.2, 0) is 10.3 Å². The zero-order valence-electron chi connectivity index (χ0n) is 12.3. The second-order valence-corrected chi connectivity index (χ2v) is 5.97. The van der Waals surface area contributed by atoms with Gasteiger partial charge in [0.05, 0.1) is 23.5 Å². The molecule has 0 fully saturated rings. The minimum absolute atomic E-state index is 0.0673. The topological polar surface area (TPSA) is 70.1 Å². The molecule has 7 heteroatoms. The lowest BCUT2D eigenvalue weighted by Crippen LogP contribution is -2.42. The van der Waals surface area contributed by atoms with Gasteiger partial charge in [-0.3, -0.25) is 4.79 Å². The van der Waals surface area contributed by atoms with Gasteiger partial charge in [-0.25, -0.2) is 9.37 Å². The molecule has 1 aromatic carbocycles. The minimum atomic E-state index is -1.06. The molecule has 0 aliphatic rings. The Morgan fingerprint density at radius 1 is 1.52 bits per heavy atom. The average molecular weight is 314 g/mol. The number of carbonyl (C=O) groups is 1. The first-order valence-corrected chi connectivity index (χ1v) is 6.84. The Morgan fingerprint density at radius 3 is 2.62 bits per heavy atom. The van der Waals surface area contributed by atoms with Crippen LogP contribution in [0.5, 0.6) is 5.75 Å². The van der Waals surface area contributed by atoms with Gasteiger partial charge < -0.3 is 15.0 Å². The van der Waals surface area contributed by atoms with E-state index in [1.54, 1.807) is 25.3 Å². The summed E-state index contributed by atoms with van der Waals surface area (Å²) < 4.78 is 20.4. The maximum Gasteiger partial charge on any atom is 0.243 e. The molecular formula is C14H17ClFN3O2. The Kier molecular flexibility index (Phi) is 3.84. The van der Waals surface area contributed by atoms with Crippen molar-refractivity contribution in [1.29, 1.82) is 0 Å². The van der Waals surface area contributed by atoms with Crippen LogP contribution in [-0.4, -0.2) is 22.6 Å². The van der Waals surface area contributed by atoms with Crippen LogP contribution in [0.25, 0.3) is 11.0 Å². The molecule has 0 aliphatic heterocycles. The van der Waals surface area contributed by atoms with Gasteiger partial charge in [0, 0.05) is 12.1 Å². The molecule has 0 spiro atoms. The molecule has 2 rings (SSSR count). The lowest BCUT2D eigenvalue weighted by atomic mass is 10.0. The van der Waals surface area contributed by atoms with E-state index < -0.39 is 22.6 Å². The Bertz CT molecular complexity index is 710. The maximum absolute atomic E-state index is 13.8. The first-order valence-electron chi connectivity index (χ1n) is 6.40. The number of primary amides is 1. The molecule has 1 atom stereocenters. The third-order valence-corrected chi connectivity index (χ3v) is 3.67. The lowest BCUT2D eigenvalue weighted by molar-refractivity contribution is -0.125. The van der Waals surface area contributed by atoms with Crippen LogP contribution in [0.4, 0.5) is 4.39 Å². The summed E-state index contributed by atoms with van der Waals surface area (Å²) in [6.07, 6.45) is 0. The number of amides is 1. The molecular weight excluding hydrogens is 297 g/mol. The van der Waals surface area contributed by atoms with E-state index >= 15 is 0 Å². The van der Waals surface area contributed by atoms with E-state index in [-0.39, 0.29) is 5.75 Å². The summed E-state index contributed by atoms with van der Waals surface area (Å²) in [4.78, 5) is 16.1. The number of hydrogen-bond donors (Lipinski definition) is 1. The molecule has 0 saturated carbocycles. The second kappa shape index (κ2) is 5.18. The summed E-state index contributed by atoms with van der Waals surface area (Å²) >= 11 is 6.14. The van der Waals surface area contributed by atoms with Crippen molar-refractivity contribution in [1.82, 2.24) is 9.55 Å². The molecule has 1 amide bonds. The molecule has 114 valence electrons. The summed E-state index contributed by atoms with van der Waals surface area (Å²) in [5.74, 6) is -0.551.